The van der Waals surface area contributed by atoms with Crippen molar-refractivity contribution in [2.75, 3.05) is 5.32 Å². The normalized spacial score (nSPS) is 15.5. The molecule has 0 spiro atoms. The average molecular weight is 374 g/mol. The zero-order valence-electron chi connectivity index (χ0n) is 13.7. The molecule has 2 N–H and O–H groups in total. The molecule has 0 amide bonds. The van der Waals surface area contributed by atoms with Gasteiger partial charge in [-0.3, -0.25) is 4.79 Å². The molecule has 1 saturated carbocycles. The molecule has 1 aromatic carbocycles. The molecule has 2 heterocycles. The lowest BCUT2D eigenvalue weighted by Crippen LogP contribution is -2.21. The Morgan fingerprint density at radius 3 is 2.92 bits per heavy atom. The van der Waals surface area contributed by atoms with Gasteiger partial charge in [0.25, 0.3) is 5.56 Å². The van der Waals surface area contributed by atoms with Crippen molar-refractivity contribution in [3.63, 3.8) is 0 Å². The number of anilines is 1. The molecule has 130 valence electrons. The number of hydrogen-bond acceptors (Lipinski definition) is 7. The minimum Gasteiger partial charge on any atom is -0.357 e. The van der Waals surface area contributed by atoms with Crippen LogP contribution in [-0.2, 0) is 5.75 Å². The van der Waals surface area contributed by atoms with Crippen LogP contribution >= 0.6 is 23.1 Å². The number of para-hydroxylation sites is 1. The summed E-state index contributed by atoms with van der Waals surface area (Å²) in [5.41, 5.74) is 0.622. The number of hydrogen-bond donors (Lipinski definition) is 2. The summed E-state index contributed by atoms with van der Waals surface area (Å²) < 4.78 is 0.883. The number of nitrogens with zero attached hydrogens (tertiary/aromatic N) is 3. The molecule has 1 aliphatic carbocycles. The predicted molar refractivity (Wildman–Crippen MR) is 102 cm³/mol. The summed E-state index contributed by atoms with van der Waals surface area (Å²) in [4.78, 5) is 19.5. The van der Waals surface area contributed by atoms with Crippen molar-refractivity contribution in [2.24, 2.45) is 0 Å². The molecule has 4 rings (SSSR count). The summed E-state index contributed by atoms with van der Waals surface area (Å²) in [5.74, 6) is 1.23. The number of rotatable bonds is 5. The maximum Gasteiger partial charge on any atom is 0.258 e. The van der Waals surface area contributed by atoms with Gasteiger partial charge in [0.15, 0.2) is 4.34 Å². The molecular weight excluding hydrogens is 354 g/mol. The lowest BCUT2D eigenvalue weighted by Gasteiger charge is -2.21. The van der Waals surface area contributed by atoms with Crippen molar-refractivity contribution in [3.8, 4) is 0 Å². The first kappa shape index (κ1) is 16.5. The van der Waals surface area contributed by atoms with E-state index in [9.17, 15) is 4.79 Å². The number of benzene rings is 1. The summed E-state index contributed by atoms with van der Waals surface area (Å²) in [5, 5.41) is 13.5. The van der Waals surface area contributed by atoms with Crippen molar-refractivity contribution >= 4 is 39.1 Å². The van der Waals surface area contributed by atoms with E-state index in [2.05, 4.69) is 25.5 Å². The highest BCUT2D eigenvalue weighted by Gasteiger charge is 2.15. The Labute approximate surface area is 153 Å². The predicted octanol–water partition coefficient (Wildman–Crippen LogP) is 3.81. The second-order valence-corrected chi connectivity index (χ2v) is 8.37. The Bertz CT molecular complexity index is 917. The van der Waals surface area contributed by atoms with Gasteiger partial charge >= 0.3 is 0 Å². The van der Waals surface area contributed by atoms with Crippen LogP contribution in [0, 0.1) is 0 Å². The maximum absolute atomic E-state index is 12.1. The third-order valence-corrected chi connectivity index (χ3v) is 6.33. The van der Waals surface area contributed by atoms with E-state index >= 15 is 0 Å². The van der Waals surface area contributed by atoms with Crippen molar-refractivity contribution in [1.82, 2.24) is 20.2 Å². The molecule has 0 atom stereocenters. The number of fused-ring (bicyclic) bond motifs is 1. The molecule has 0 aliphatic heterocycles. The molecule has 0 bridgehead atoms. The Morgan fingerprint density at radius 1 is 1.20 bits per heavy atom. The van der Waals surface area contributed by atoms with Gasteiger partial charge in [0, 0.05) is 6.04 Å². The summed E-state index contributed by atoms with van der Waals surface area (Å²) in [6, 6.07) is 7.90. The molecule has 1 aliphatic rings. The molecule has 0 unspecified atom stereocenters. The van der Waals surface area contributed by atoms with Crippen molar-refractivity contribution in [1.29, 1.82) is 0 Å². The second kappa shape index (κ2) is 7.53. The van der Waals surface area contributed by atoms with Crippen molar-refractivity contribution in [3.05, 3.63) is 40.4 Å². The zero-order valence-corrected chi connectivity index (χ0v) is 15.3. The van der Waals surface area contributed by atoms with E-state index in [0.29, 0.717) is 23.0 Å². The van der Waals surface area contributed by atoms with E-state index in [1.165, 1.54) is 32.1 Å². The lowest BCUT2D eigenvalue weighted by molar-refractivity contribution is 0.462. The molecule has 3 aromatic rings. The summed E-state index contributed by atoms with van der Waals surface area (Å²) in [7, 11) is 0. The highest BCUT2D eigenvalue weighted by atomic mass is 32.2. The van der Waals surface area contributed by atoms with Gasteiger partial charge in [0.1, 0.15) is 5.82 Å². The van der Waals surface area contributed by atoms with Crippen LogP contribution in [0.4, 0.5) is 5.13 Å². The largest absolute Gasteiger partial charge is 0.357 e. The third-order valence-electron chi connectivity index (χ3n) is 4.33. The molecule has 1 fully saturated rings. The topological polar surface area (TPSA) is 83.6 Å². The van der Waals surface area contributed by atoms with Gasteiger partial charge in [0.2, 0.25) is 5.13 Å². The first-order valence-electron chi connectivity index (χ1n) is 8.49. The first-order chi connectivity index (χ1) is 12.3. The Balaban J connectivity index is 1.41. The lowest BCUT2D eigenvalue weighted by atomic mass is 9.96. The molecule has 8 heteroatoms. The quantitative estimate of drug-likeness (QED) is 0.662. The number of aromatic amines is 1. The monoisotopic (exact) mass is 373 g/mol. The van der Waals surface area contributed by atoms with Crippen molar-refractivity contribution in [2.45, 2.75) is 48.2 Å². The van der Waals surface area contributed by atoms with Crippen LogP contribution in [0.25, 0.3) is 10.9 Å². The highest BCUT2D eigenvalue weighted by molar-refractivity contribution is 8.00. The molecule has 25 heavy (non-hydrogen) atoms. The third kappa shape index (κ3) is 4.01. The maximum atomic E-state index is 12.1. The van der Waals surface area contributed by atoms with Crippen LogP contribution in [-0.4, -0.2) is 26.2 Å². The molecule has 6 nitrogen and oxygen atoms in total. The molecular formula is C17H19N5OS2. The van der Waals surface area contributed by atoms with Crippen LogP contribution in [0.2, 0.25) is 0 Å². The summed E-state index contributed by atoms with van der Waals surface area (Å²) in [6.45, 7) is 0. The Kier molecular flexibility index (Phi) is 4.98. The highest BCUT2D eigenvalue weighted by Crippen LogP contribution is 2.29. The minimum absolute atomic E-state index is 0.0990. The second-order valence-electron chi connectivity index (χ2n) is 6.17. The fourth-order valence-corrected chi connectivity index (χ4v) is 4.78. The van der Waals surface area contributed by atoms with Crippen molar-refractivity contribution < 1.29 is 0 Å². The molecule has 0 radical (unpaired) electrons. The van der Waals surface area contributed by atoms with Crippen LogP contribution in [0.1, 0.15) is 37.9 Å². The number of H-pyrrole nitrogens is 1. The molecule has 2 aromatic heterocycles. The van der Waals surface area contributed by atoms with Gasteiger partial charge in [-0.2, -0.15) is 0 Å². The number of aromatic nitrogens is 4. The standard InChI is InChI=1S/C17H19N5OS2/c23-15-12-8-4-5-9-13(12)19-14(20-15)10-24-17-22-21-16(25-17)18-11-6-2-1-3-7-11/h4-5,8-9,11H,1-3,6-7,10H2,(H,18,21)(H,19,20,23). The Hall–Kier alpha value is -1.93. The minimum atomic E-state index is -0.0990. The van der Waals surface area contributed by atoms with Gasteiger partial charge in [0.05, 0.1) is 16.7 Å². The number of thioether (sulfide) groups is 1. The number of nitrogens with one attached hydrogen (secondary N) is 2. The Morgan fingerprint density at radius 2 is 2.04 bits per heavy atom. The van der Waals surface area contributed by atoms with Gasteiger partial charge in [-0.05, 0) is 25.0 Å². The van der Waals surface area contributed by atoms with Gasteiger partial charge < -0.3 is 10.3 Å². The average Bonchev–Trinajstić information content (AvgIpc) is 3.08. The van der Waals surface area contributed by atoms with E-state index in [0.717, 1.165) is 15.0 Å². The smallest absolute Gasteiger partial charge is 0.258 e. The van der Waals surface area contributed by atoms with Crippen LogP contribution < -0.4 is 10.9 Å². The molecule has 0 saturated heterocycles. The van der Waals surface area contributed by atoms with Crippen LogP contribution in [0.3, 0.4) is 0 Å². The van der Waals surface area contributed by atoms with E-state index in [4.69, 9.17) is 0 Å². The van der Waals surface area contributed by atoms with Gasteiger partial charge in [-0.1, -0.05) is 54.5 Å². The van der Waals surface area contributed by atoms with E-state index in [1.54, 1.807) is 29.2 Å². The summed E-state index contributed by atoms with van der Waals surface area (Å²) in [6.07, 6.45) is 6.35. The van der Waals surface area contributed by atoms with E-state index < -0.39 is 0 Å². The van der Waals surface area contributed by atoms with Gasteiger partial charge in [-0.25, -0.2) is 4.98 Å². The SMILES string of the molecule is O=c1[nH]c(CSc2nnc(NC3CCCCC3)s2)nc2ccccc12. The first-order valence-corrected chi connectivity index (χ1v) is 10.3. The summed E-state index contributed by atoms with van der Waals surface area (Å²) >= 11 is 3.11. The fourth-order valence-electron chi connectivity index (χ4n) is 3.08. The van der Waals surface area contributed by atoms with E-state index in [-0.39, 0.29) is 5.56 Å². The zero-order chi connectivity index (χ0) is 17.1. The van der Waals surface area contributed by atoms with E-state index in [1.807, 2.05) is 18.2 Å². The van der Waals surface area contributed by atoms with Gasteiger partial charge in [-0.15, -0.1) is 10.2 Å². The van der Waals surface area contributed by atoms with Crippen LogP contribution in [0.15, 0.2) is 33.4 Å². The van der Waals surface area contributed by atoms with Crippen LogP contribution in [0.5, 0.6) is 0 Å². The fraction of sp³-hybridized carbons (Fsp3) is 0.412.